The molecule has 4 N–H and O–H groups in total. The fraction of sp³-hybridized carbons (Fsp3) is 0.588. The molecule has 4 nitrogen and oxygen atoms in total. The van der Waals surface area contributed by atoms with Gasteiger partial charge in [-0.25, -0.2) is 0 Å². The number of carbonyl (C=O) groups excluding carboxylic acids is 1. The van der Waals surface area contributed by atoms with Crippen LogP contribution < -0.4 is 11.1 Å². The molecule has 0 unspecified atom stereocenters. The second-order valence-corrected chi connectivity index (χ2v) is 6.33. The van der Waals surface area contributed by atoms with Crippen LogP contribution in [0, 0.1) is 5.92 Å². The van der Waals surface area contributed by atoms with E-state index in [1.807, 2.05) is 24.3 Å². The fourth-order valence-electron chi connectivity index (χ4n) is 2.90. The molecular weight excluding hydrogens is 264 g/mol. The summed E-state index contributed by atoms with van der Waals surface area (Å²) in [6, 6.07) is 7.71. The van der Waals surface area contributed by atoms with Gasteiger partial charge in [0.05, 0.1) is 12.0 Å². The van der Waals surface area contributed by atoms with Gasteiger partial charge in [-0.3, -0.25) is 4.79 Å². The van der Waals surface area contributed by atoms with Crippen molar-refractivity contribution in [2.24, 2.45) is 11.7 Å². The van der Waals surface area contributed by atoms with Crippen molar-refractivity contribution in [3.05, 3.63) is 35.4 Å². The molecule has 2 rings (SSSR count). The quantitative estimate of drug-likeness (QED) is 0.773. The molecule has 21 heavy (non-hydrogen) atoms. The maximum atomic E-state index is 12.1. The fourth-order valence-corrected chi connectivity index (χ4v) is 2.90. The van der Waals surface area contributed by atoms with Crippen LogP contribution in [0.15, 0.2) is 24.3 Å². The summed E-state index contributed by atoms with van der Waals surface area (Å²) in [5.74, 6) is 0.625. The van der Waals surface area contributed by atoms with Gasteiger partial charge in [-0.2, -0.15) is 0 Å². The number of nitrogens with two attached hydrogens (primary N) is 1. The Bertz CT molecular complexity index is 479. The number of aliphatic hydroxyl groups is 1. The van der Waals surface area contributed by atoms with Crippen molar-refractivity contribution in [1.82, 2.24) is 5.32 Å². The highest BCUT2D eigenvalue weighted by Gasteiger charge is 2.31. The van der Waals surface area contributed by atoms with Crippen LogP contribution in [0.4, 0.5) is 0 Å². The predicted molar refractivity (Wildman–Crippen MR) is 83.6 cm³/mol. The molecule has 1 aromatic carbocycles. The third-order valence-electron chi connectivity index (χ3n) is 4.51. The van der Waals surface area contributed by atoms with Gasteiger partial charge in [-0.1, -0.05) is 31.2 Å². The summed E-state index contributed by atoms with van der Waals surface area (Å²) in [4.78, 5) is 12.1. The van der Waals surface area contributed by atoms with Crippen LogP contribution in [-0.4, -0.2) is 23.2 Å². The molecular formula is C17H26N2O2. The van der Waals surface area contributed by atoms with Crippen molar-refractivity contribution in [3.8, 4) is 0 Å². The Kier molecular flexibility index (Phi) is 5.37. The van der Waals surface area contributed by atoms with Crippen molar-refractivity contribution in [2.45, 2.75) is 51.2 Å². The van der Waals surface area contributed by atoms with Gasteiger partial charge in [0.25, 0.3) is 0 Å². The monoisotopic (exact) mass is 290 g/mol. The Morgan fingerprint density at radius 3 is 2.57 bits per heavy atom. The molecule has 0 spiro atoms. The van der Waals surface area contributed by atoms with Gasteiger partial charge in [0.1, 0.15) is 0 Å². The summed E-state index contributed by atoms with van der Waals surface area (Å²) in [5, 5.41) is 13.3. The average Bonchev–Trinajstić information content (AvgIpc) is 2.49. The van der Waals surface area contributed by atoms with Gasteiger partial charge >= 0.3 is 0 Å². The number of hydrogen-bond acceptors (Lipinski definition) is 3. The normalized spacial score (nSPS) is 25.6. The van der Waals surface area contributed by atoms with Crippen molar-refractivity contribution in [3.63, 3.8) is 0 Å². The molecule has 0 heterocycles. The van der Waals surface area contributed by atoms with Gasteiger partial charge in [-0.05, 0) is 42.7 Å². The first-order chi connectivity index (χ1) is 10.0. The molecule has 0 bridgehead atoms. The first-order valence-corrected chi connectivity index (χ1v) is 7.78. The highest BCUT2D eigenvalue weighted by Crippen LogP contribution is 2.31. The van der Waals surface area contributed by atoms with Crippen LogP contribution in [0.3, 0.4) is 0 Å². The van der Waals surface area contributed by atoms with E-state index < -0.39 is 5.60 Å². The van der Waals surface area contributed by atoms with E-state index in [4.69, 9.17) is 5.73 Å². The first-order valence-electron chi connectivity index (χ1n) is 7.78. The van der Waals surface area contributed by atoms with Crippen molar-refractivity contribution in [2.75, 3.05) is 6.54 Å². The number of rotatable bonds is 5. The van der Waals surface area contributed by atoms with Gasteiger partial charge in [0.15, 0.2) is 0 Å². The summed E-state index contributed by atoms with van der Waals surface area (Å²) in [5.41, 5.74) is 6.91. The van der Waals surface area contributed by atoms with E-state index in [0.29, 0.717) is 25.4 Å². The van der Waals surface area contributed by atoms with Gasteiger partial charge < -0.3 is 16.2 Å². The third-order valence-corrected chi connectivity index (χ3v) is 4.51. The van der Waals surface area contributed by atoms with E-state index in [2.05, 4.69) is 12.2 Å². The van der Waals surface area contributed by atoms with Gasteiger partial charge in [0.2, 0.25) is 5.91 Å². The van der Waals surface area contributed by atoms with E-state index in [-0.39, 0.29) is 5.91 Å². The Morgan fingerprint density at radius 2 is 1.95 bits per heavy atom. The largest absolute Gasteiger partial charge is 0.388 e. The van der Waals surface area contributed by atoms with Crippen molar-refractivity contribution >= 4 is 5.91 Å². The molecule has 116 valence electrons. The predicted octanol–water partition coefficient (Wildman–Crippen LogP) is 1.75. The lowest BCUT2D eigenvalue weighted by molar-refractivity contribution is -0.122. The first kappa shape index (κ1) is 16.0. The molecule has 1 aliphatic carbocycles. The van der Waals surface area contributed by atoms with Gasteiger partial charge in [-0.15, -0.1) is 0 Å². The minimum absolute atomic E-state index is 0.0528. The summed E-state index contributed by atoms with van der Waals surface area (Å²) in [6.07, 6.45) is 3.92. The number of nitrogens with one attached hydrogen (secondary N) is 1. The molecule has 1 saturated carbocycles. The number of hydrogen-bond donors (Lipinski definition) is 3. The summed E-state index contributed by atoms with van der Waals surface area (Å²) in [6.45, 7) is 3.00. The van der Waals surface area contributed by atoms with E-state index in [9.17, 15) is 9.90 Å². The van der Waals surface area contributed by atoms with E-state index in [1.54, 1.807) is 0 Å². The maximum Gasteiger partial charge on any atom is 0.224 e. The van der Waals surface area contributed by atoms with Crippen LogP contribution in [0.2, 0.25) is 0 Å². The molecule has 0 aliphatic heterocycles. The van der Waals surface area contributed by atoms with E-state index >= 15 is 0 Å². The van der Waals surface area contributed by atoms with Crippen LogP contribution in [-0.2, 0) is 17.8 Å². The molecule has 1 aromatic rings. The minimum atomic E-state index is -0.727. The molecule has 1 aliphatic rings. The smallest absolute Gasteiger partial charge is 0.224 e. The van der Waals surface area contributed by atoms with Crippen LogP contribution in [0.5, 0.6) is 0 Å². The molecule has 4 heteroatoms. The number of carbonyl (C=O) groups is 1. The Balaban J connectivity index is 1.85. The van der Waals surface area contributed by atoms with Crippen molar-refractivity contribution in [1.29, 1.82) is 0 Å². The zero-order valence-corrected chi connectivity index (χ0v) is 12.8. The molecule has 1 amide bonds. The minimum Gasteiger partial charge on any atom is -0.388 e. The SMILES string of the molecule is CC1CCC(O)(CNC(=O)Cc2ccccc2CN)CC1. The number of amides is 1. The van der Waals surface area contributed by atoms with E-state index in [1.165, 1.54) is 0 Å². The summed E-state index contributed by atoms with van der Waals surface area (Å²) < 4.78 is 0. The number of benzene rings is 1. The highest BCUT2D eigenvalue weighted by atomic mass is 16.3. The Hall–Kier alpha value is -1.39. The molecule has 0 radical (unpaired) electrons. The molecule has 0 aromatic heterocycles. The zero-order chi connectivity index (χ0) is 15.3. The summed E-state index contributed by atoms with van der Waals surface area (Å²) in [7, 11) is 0. The Labute approximate surface area is 126 Å². The second-order valence-electron chi connectivity index (χ2n) is 6.33. The molecule has 0 atom stereocenters. The lowest BCUT2D eigenvalue weighted by Gasteiger charge is -2.35. The second kappa shape index (κ2) is 7.05. The third kappa shape index (κ3) is 4.55. The Morgan fingerprint density at radius 1 is 1.33 bits per heavy atom. The molecule has 0 saturated heterocycles. The van der Waals surface area contributed by atoms with Crippen LogP contribution in [0.25, 0.3) is 0 Å². The maximum absolute atomic E-state index is 12.1. The topological polar surface area (TPSA) is 75.3 Å². The lowest BCUT2D eigenvalue weighted by Crippen LogP contribution is -2.45. The van der Waals surface area contributed by atoms with Crippen LogP contribution >= 0.6 is 0 Å². The molecule has 1 fully saturated rings. The van der Waals surface area contributed by atoms with Crippen molar-refractivity contribution < 1.29 is 9.90 Å². The van der Waals surface area contributed by atoms with E-state index in [0.717, 1.165) is 36.8 Å². The van der Waals surface area contributed by atoms with Gasteiger partial charge in [0, 0.05) is 13.1 Å². The standard InChI is InChI=1S/C17H26N2O2/c1-13-6-8-17(21,9-7-13)12-19-16(20)10-14-4-2-3-5-15(14)11-18/h2-5,13,21H,6-12,18H2,1H3,(H,19,20). The lowest BCUT2D eigenvalue weighted by atomic mass is 9.79. The van der Waals surface area contributed by atoms with Crippen LogP contribution in [0.1, 0.15) is 43.7 Å². The zero-order valence-electron chi connectivity index (χ0n) is 12.8. The average molecular weight is 290 g/mol. The summed E-state index contributed by atoms with van der Waals surface area (Å²) >= 11 is 0. The highest BCUT2D eigenvalue weighted by molar-refractivity contribution is 5.79.